The summed E-state index contributed by atoms with van der Waals surface area (Å²) in [7, 11) is 1.70. The Labute approximate surface area is 235 Å². The quantitative estimate of drug-likeness (QED) is 0.351. The SMILES string of the molecule is CCNCCN(C(=O)CNCC(=O)N(C)N1Cc2ccc(F)cc2C1)c1cc2nn(CC)c(C)c2cc1C.Cl. The number of nitrogens with one attached hydrogen (secondary N) is 2. The van der Waals surface area contributed by atoms with E-state index in [1.54, 1.807) is 23.0 Å². The van der Waals surface area contributed by atoms with Crippen LogP contribution in [0.25, 0.3) is 10.9 Å². The molecule has 11 heteroatoms. The lowest BCUT2D eigenvalue weighted by atomic mass is 10.1. The first-order valence-electron chi connectivity index (χ1n) is 13.2. The zero-order valence-corrected chi connectivity index (χ0v) is 24.2. The van der Waals surface area contributed by atoms with Gasteiger partial charge in [-0.2, -0.15) is 5.10 Å². The molecular formula is C28H39ClFN7O2. The third-order valence-electron chi connectivity index (χ3n) is 7.18. The number of benzene rings is 2. The maximum atomic E-state index is 13.6. The number of fused-ring (bicyclic) bond motifs is 2. The summed E-state index contributed by atoms with van der Waals surface area (Å²) in [5, 5.41) is 15.5. The van der Waals surface area contributed by atoms with Gasteiger partial charge in [-0.15, -0.1) is 12.4 Å². The van der Waals surface area contributed by atoms with Gasteiger partial charge in [-0.05, 0) is 68.3 Å². The number of likely N-dealkylation sites (N-methyl/N-ethyl adjacent to an activating group) is 2. The van der Waals surface area contributed by atoms with Crippen LogP contribution in [-0.4, -0.2) is 71.4 Å². The lowest BCUT2D eigenvalue weighted by Crippen LogP contribution is -2.47. The van der Waals surface area contributed by atoms with E-state index in [0.717, 1.165) is 52.1 Å². The van der Waals surface area contributed by atoms with Gasteiger partial charge in [-0.25, -0.2) is 9.40 Å². The average Bonchev–Trinajstić information content (AvgIpc) is 3.45. The van der Waals surface area contributed by atoms with Crippen molar-refractivity contribution in [3.8, 4) is 0 Å². The minimum Gasteiger partial charge on any atom is -0.315 e. The third-order valence-corrected chi connectivity index (χ3v) is 7.18. The fourth-order valence-corrected chi connectivity index (χ4v) is 4.95. The fraction of sp³-hybridized carbons (Fsp3) is 0.464. The molecule has 9 nitrogen and oxygen atoms in total. The molecule has 1 aliphatic heterocycles. The first-order valence-corrected chi connectivity index (χ1v) is 13.2. The summed E-state index contributed by atoms with van der Waals surface area (Å²) in [4.78, 5) is 28.0. The second kappa shape index (κ2) is 13.3. The topological polar surface area (TPSA) is 85.7 Å². The van der Waals surface area contributed by atoms with E-state index in [4.69, 9.17) is 5.10 Å². The van der Waals surface area contributed by atoms with E-state index < -0.39 is 0 Å². The largest absolute Gasteiger partial charge is 0.315 e. The third kappa shape index (κ3) is 6.75. The zero-order valence-electron chi connectivity index (χ0n) is 23.4. The Morgan fingerprint density at radius 1 is 1.03 bits per heavy atom. The van der Waals surface area contributed by atoms with Gasteiger partial charge < -0.3 is 10.2 Å². The number of carbonyl (C=O) groups excluding carboxylic acids is 2. The molecule has 2 N–H and O–H groups in total. The van der Waals surface area contributed by atoms with Gasteiger partial charge >= 0.3 is 0 Å². The van der Waals surface area contributed by atoms with Crippen LogP contribution in [0.2, 0.25) is 0 Å². The molecule has 0 spiro atoms. The number of aromatic nitrogens is 2. The number of anilines is 1. The fourth-order valence-electron chi connectivity index (χ4n) is 4.95. The van der Waals surface area contributed by atoms with Gasteiger partial charge in [-0.3, -0.25) is 24.6 Å². The van der Waals surface area contributed by atoms with E-state index in [1.165, 1.54) is 12.1 Å². The normalized spacial score (nSPS) is 12.9. The van der Waals surface area contributed by atoms with Crippen molar-refractivity contribution in [2.75, 3.05) is 44.7 Å². The average molecular weight is 560 g/mol. The van der Waals surface area contributed by atoms with E-state index in [9.17, 15) is 14.0 Å². The highest BCUT2D eigenvalue weighted by Crippen LogP contribution is 2.28. The van der Waals surface area contributed by atoms with Crippen LogP contribution in [0.1, 0.15) is 36.2 Å². The van der Waals surface area contributed by atoms with E-state index >= 15 is 0 Å². The molecular weight excluding hydrogens is 521 g/mol. The molecule has 0 aliphatic carbocycles. The smallest absolute Gasteiger partial charge is 0.250 e. The van der Waals surface area contributed by atoms with Crippen molar-refractivity contribution in [1.29, 1.82) is 0 Å². The van der Waals surface area contributed by atoms with Crippen LogP contribution in [-0.2, 0) is 29.2 Å². The number of carbonyl (C=O) groups is 2. The van der Waals surface area contributed by atoms with Crippen LogP contribution in [0.3, 0.4) is 0 Å². The van der Waals surface area contributed by atoms with Gasteiger partial charge in [0.1, 0.15) is 5.82 Å². The van der Waals surface area contributed by atoms with Gasteiger partial charge in [-0.1, -0.05) is 13.0 Å². The summed E-state index contributed by atoms with van der Waals surface area (Å²) < 4.78 is 15.5. The van der Waals surface area contributed by atoms with Gasteiger partial charge in [0.25, 0.3) is 5.91 Å². The van der Waals surface area contributed by atoms with Crippen molar-refractivity contribution >= 4 is 40.8 Å². The maximum absolute atomic E-state index is 13.6. The Balaban J connectivity index is 0.00000420. The molecule has 212 valence electrons. The van der Waals surface area contributed by atoms with Crippen molar-refractivity contribution in [3.63, 3.8) is 0 Å². The van der Waals surface area contributed by atoms with E-state index in [0.29, 0.717) is 26.2 Å². The predicted molar refractivity (Wildman–Crippen MR) is 154 cm³/mol. The summed E-state index contributed by atoms with van der Waals surface area (Å²) in [5.74, 6) is -0.554. The number of amides is 2. The van der Waals surface area contributed by atoms with Crippen LogP contribution in [0, 0.1) is 19.7 Å². The number of rotatable bonds is 11. The molecule has 1 aromatic heterocycles. The van der Waals surface area contributed by atoms with Gasteiger partial charge in [0.05, 0.1) is 18.6 Å². The molecule has 39 heavy (non-hydrogen) atoms. The van der Waals surface area contributed by atoms with Crippen molar-refractivity contribution in [1.82, 2.24) is 30.4 Å². The van der Waals surface area contributed by atoms with Crippen molar-refractivity contribution in [2.24, 2.45) is 0 Å². The molecule has 2 amide bonds. The van der Waals surface area contributed by atoms with Crippen LogP contribution in [0.5, 0.6) is 0 Å². The van der Waals surface area contributed by atoms with Crippen molar-refractivity contribution in [2.45, 2.75) is 47.3 Å². The number of hydrazine groups is 1. The van der Waals surface area contributed by atoms with Crippen molar-refractivity contribution in [3.05, 3.63) is 58.5 Å². The first-order chi connectivity index (χ1) is 18.2. The van der Waals surface area contributed by atoms with Gasteiger partial charge in [0.2, 0.25) is 5.91 Å². The predicted octanol–water partition coefficient (Wildman–Crippen LogP) is 3.16. The lowest BCUT2D eigenvalue weighted by molar-refractivity contribution is -0.145. The van der Waals surface area contributed by atoms with E-state index in [1.807, 2.05) is 29.6 Å². The Kier molecular flexibility index (Phi) is 10.4. The van der Waals surface area contributed by atoms with Gasteiger partial charge in [0.15, 0.2) is 0 Å². The zero-order chi connectivity index (χ0) is 27.4. The first kappa shape index (κ1) is 30.5. The monoisotopic (exact) mass is 559 g/mol. The maximum Gasteiger partial charge on any atom is 0.250 e. The van der Waals surface area contributed by atoms with E-state index in [-0.39, 0.29) is 43.1 Å². The summed E-state index contributed by atoms with van der Waals surface area (Å²) in [6, 6.07) is 8.79. The minimum atomic E-state index is -0.276. The molecule has 0 atom stereocenters. The molecule has 0 bridgehead atoms. The summed E-state index contributed by atoms with van der Waals surface area (Å²) >= 11 is 0. The van der Waals surface area contributed by atoms with Crippen LogP contribution in [0.15, 0.2) is 30.3 Å². The van der Waals surface area contributed by atoms with Crippen LogP contribution < -0.4 is 15.5 Å². The number of halogens is 2. The molecule has 0 fully saturated rings. The highest BCUT2D eigenvalue weighted by Gasteiger charge is 2.26. The summed E-state index contributed by atoms with van der Waals surface area (Å²) in [6.07, 6.45) is 0. The molecule has 0 saturated heterocycles. The van der Waals surface area contributed by atoms with E-state index in [2.05, 4.69) is 30.5 Å². The number of hydrogen-bond acceptors (Lipinski definition) is 6. The Morgan fingerprint density at radius 2 is 1.74 bits per heavy atom. The second-order valence-electron chi connectivity index (χ2n) is 9.71. The van der Waals surface area contributed by atoms with Crippen LogP contribution in [0.4, 0.5) is 10.1 Å². The highest BCUT2D eigenvalue weighted by atomic mass is 35.5. The molecule has 4 rings (SSSR count). The molecule has 2 aromatic carbocycles. The number of nitrogens with zero attached hydrogens (tertiary/aromatic N) is 5. The standard InChI is InChI=1S/C28H38FN7O2.ClH/c1-6-30-10-11-35(26-14-25-24(12-19(26)3)20(4)36(7-2)32-25)28(38)16-31-15-27(37)33(5)34-17-21-8-9-23(29)13-22(21)18-34;/h8-9,12-14,30-31H,6-7,10-11,15-18H2,1-5H3;1H. The highest BCUT2D eigenvalue weighted by molar-refractivity contribution is 5.98. The molecule has 0 saturated carbocycles. The summed E-state index contributed by atoms with van der Waals surface area (Å²) in [6.45, 7) is 12.0. The molecule has 0 radical (unpaired) electrons. The lowest BCUT2D eigenvalue weighted by Gasteiger charge is -2.28. The summed E-state index contributed by atoms with van der Waals surface area (Å²) in [5.41, 5.74) is 5.70. The molecule has 1 aliphatic rings. The van der Waals surface area contributed by atoms with Crippen LogP contribution >= 0.6 is 12.4 Å². The number of hydrogen-bond donors (Lipinski definition) is 2. The number of aryl methyl sites for hydroxylation is 3. The Bertz CT molecular complexity index is 1330. The van der Waals surface area contributed by atoms with Crippen molar-refractivity contribution < 1.29 is 14.0 Å². The Hall–Kier alpha value is -3.05. The Morgan fingerprint density at radius 3 is 2.46 bits per heavy atom. The molecule has 2 heterocycles. The molecule has 3 aromatic rings. The molecule has 0 unspecified atom stereocenters. The second-order valence-corrected chi connectivity index (χ2v) is 9.71. The van der Waals surface area contributed by atoms with Gasteiger partial charge in [0, 0.05) is 56.5 Å². The minimum absolute atomic E-state index is 0.